The van der Waals surface area contributed by atoms with E-state index in [0.29, 0.717) is 17.1 Å². The van der Waals surface area contributed by atoms with Gasteiger partial charge in [0.2, 0.25) is 0 Å². The van der Waals surface area contributed by atoms with Gasteiger partial charge in [0.05, 0.1) is 25.8 Å². The molecule has 1 aliphatic heterocycles. The Labute approximate surface area is 223 Å². The van der Waals surface area contributed by atoms with Crippen LogP contribution in [-0.4, -0.2) is 50.0 Å². The molecule has 0 saturated carbocycles. The van der Waals surface area contributed by atoms with E-state index in [1.54, 1.807) is 26.4 Å². The van der Waals surface area contributed by atoms with Crippen LogP contribution < -0.4 is 14.4 Å². The smallest absolute Gasteiger partial charge is 0.295 e. The Morgan fingerprint density at radius 1 is 0.947 bits per heavy atom. The van der Waals surface area contributed by atoms with Crippen LogP contribution >= 0.6 is 0 Å². The molecule has 7 nitrogen and oxygen atoms in total. The molecule has 1 aliphatic rings. The van der Waals surface area contributed by atoms with E-state index in [9.17, 15) is 14.7 Å². The molecule has 1 amide bonds. The SMILES string of the molecule is COc1ccc(CN2C(=O)C(=O)/C(=C(\O)c3ccc(OC)c(C(C)C)c3)C2c2ccc(N(C)C)cc2)cc1. The molecule has 1 saturated heterocycles. The zero-order valence-electron chi connectivity index (χ0n) is 22.7. The third kappa shape index (κ3) is 5.09. The number of hydrogen-bond donors (Lipinski definition) is 1. The molecule has 1 heterocycles. The van der Waals surface area contributed by atoms with Crippen molar-refractivity contribution in [3.8, 4) is 11.5 Å². The third-order valence-electron chi connectivity index (χ3n) is 6.90. The van der Waals surface area contributed by atoms with Crippen molar-refractivity contribution < 1.29 is 24.2 Å². The second-order valence-electron chi connectivity index (χ2n) is 9.87. The topological polar surface area (TPSA) is 79.3 Å². The fourth-order valence-electron chi connectivity index (χ4n) is 4.76. The number of methoxy groups -OCH3 is 2. The number of rotatable bonds is 8. The summed E-state index contributed by atoms with van der Waals surface area (Å²) in [6, 6.07) is 19.6. The quantitative estimate of drug-likeness (QED) is 0.242. The number of ketones is 1. The van der Waals surface area contributed by atoms with Gasteiger partial charge >= 0.3 is 0 Å². The predicted octanol–water partition coefficient (Wildman–Crippen LogP) is 5.52. The van der Waals surface area contributed by atoms with Crippen molar-refractivity contribution in [2.24, 2.45) is 0 Å². The van der Waals surface area contributed by atoms with Crippen LogP contribution in [0.3, 0.4) is 0 Å². The standard InChI is InChI=1S/C31H34N2O5/c1-19(2)25-17-22(11-16-26(25)38-6)29(34)27-28(21-9-12-23(13-10-21)32(3)4)33(31(36)30(27)35)18-20-7-14-24(37-5)15-8-20/h7-17,19,28,34H,18H2,1-6H3/b29-27-. The first-order valence-corrected chi connectivity index (χ1v) is 12.5. The van der Waals surface area contributed by atoms with Crippen molar-refractivity contribution >= 4 is 23.1 Å². The highest BCUT2D eigenvalue weighted by Crippen LogP contribution is 2.41. The van der Waals surface area contributed by atoms with Crippen LogP contribution in [0.1, 0.15) is 48.1 Å². The van der Waals surface area contributed by atoms with Crippen LogP contribution in [-0.2, 0) is 16.1 Å². The summed E-state index contributed by atoms with van der Waals surface area (Å²) in [5.41, 5.74) is 4.00. The van der Waals surface area contributed by atoms with Crippen molar-refractivity contribution in [2.75, 3.05) is 33.2 Å². The normalized spacial score (nSPS) is 16.7. The van der Waals surface area contributed by atoms with Crippen LogP contribution in [0.4, 0.5) is 5.69 Å². The number of amides is 1. The van der Waals surface area contributed by atoms with Crippen molar-refractivity contribution in [3.05, 3.63) is 94.6 Å². The lowest BCUT2D eigenvalue weighted by molar-refractivity contribution is -0.140. The van der Waals surface area contributed by atoms with Crippen LogP contribution in [0.25, 0.3) is 5.76 Å². The second-order valence-corrected chi connectivity index (χ2v) is 9.87. The van der Waals surface area contributed by atoms with E-state index in [1.807, 2.05) is 87.4 Å². The fraction of sp³-hybridized carbons (Fsp3) is 0.290. The number of aliphatic hydroxyl groups is 1. The molecule has 1 atom stereocenters. The zero-order valence-corrected chi connectivity index (χ0v) is 22.7. The minimum absolute atomic E-state index is 0.0704. The molecule has 3 aromatic rings. The highest BCUT2D eigenvalue weighted by molar-refractivity contribution is 6.46. The van der Waals surface area contributed by atoms with Gasteiger partial charge in [0.1, 0.15) is 17.3 Å². The highest BCUT2D eigenvalue weighted by atomic mass is 16.5. The fourth-order valence-corrected chi connectivity index (χ4v) is 4.76. The van der Waals surface area contributed by atoms with Gasteiger partial charge in [0, 0.05) is 31.9 Å². The number of ether oxygens (including phenoxy) is 2. The van der Waals surface area contributed by atoms with Gasteiger partial charge in [-0.05, 0) is 65.1 Å². The van der Waals surface area contributed by atoms with E-state index >= 15 is 0 Å². The number of aliphatic hydroxyl groups excluding tert-OH is 1. The number of benzene rings is 3. The molecule has 0 aliphatic carbocycles. The van der Waals surface area contributed by atoms with Gasteiger partial charge < -0.3 is 24.4 Å². The lowest BCUT2D eigenvalue weighted by atomic mass is 9.93. The van der Waals surface area contributed by atoms with E-state index in [2.05, 4.69) is 0 Å². The summed E-state index contributed by atoms with van der Waals surface area (Å²) in [5, 5.41) is 11.5. The van der Waals surface area contributed by atoms with Crippen molar-refractivity contribution in [1.82, 2.24) is 4.90 Å². The maximum Gasteiger partial charge on any atom is 0.295 e. The first-order chi connectivity index (χ1) is 18.2. The minimum atomic E-state index is -0.752. The van der Waals surface area contributed by atoms with Crippen LogP contribution in [0.5, 0.6) is 11.5 Å². The summed E-state index contributed by atoms with van der Waals surface area (Å²) >= 11 is 0. The van der Waals surface area contributed by atoms with Gasteiger partial charge in [0.15, 0.2) is 0 Å². The Bertz CT molecular complexity index is 1360. The van der Waals surface area contributed by atoms with E-state index in [4.69, 9.17) is 9.47 Å². The molecule has 1 N–H and O–H groups in total. The molecule has 1 fully saturated rings. The van der Waals surface area contributed by atoms with Crippen molar-refractivity contribution in [3.63, 3.8) is 0 Å². The summed E-state index contributed by atoms with van der Waals surface area (Å²) < 4.78 is 10.7. The predicted molar refractivity (Wildman–Crippen MR) is 149 cm³/mol. The maximum atomic E-state index is 13.5. The molecule has 1 unspecified atom stereocenters. The lowest BCUT2D eigenvalue weighted by Crippen LogP contribution is -2.29. The van der Waals surface area contributed by atoms with Gasteiger partial charge in [0.25, 0.3) is 11.7 Å². The van der Waals surface area contributed by atoms with E-state index < -0.39 is 17.7 Å². The molecule has 7 heteroatoms. The number of Topliss-reactive ketones (excluding diaryl/α,β-unsaturated/α-hetero) is 1. The van der Waals surface area contributed by atoms with Gasteiger partial charge in [-0.3, -0.25) is 9.59 Å². The third-order valence-corrected chi connectivity index (χ3v) is 6.90. The molecular weight excluding hydrogens is 480 g/mol. The first kappa shape index (κ1) is 26.8. The molecule has 38 heavy (non-hydrogen) atoms. The van der Waals surface area contributed by atoms with Gasteiger partial charge in [-0.2, -0.15) is 0 Å². The van der Waals surface area contributed by atoms with Crippen LogP contribution in [0, 0.1) is 0 Å². The average Bonchev–Trinajstić information content (AvgIpc) is 3.17. The summed E-state index contributed by atoms with van der Waals surface area (Å²) in [6.07, 6.45) is 0. The van der Waals surface area contributed by atoms with E-state index in [1.165, 1.54) is 4.90 Å². The molecule has 198 valence electrons. The van der Waals surface area contributed by atoms with Gasteiger partial charge in [-0.25, -0.2) is 0 Å². The highest BCUT2D eigenvalue weighted by Gasteiger charge is 2.46. The Hall–Kier alpha value is -4.26. The Balaban J connectivity index is 1.85. The Kier molecular flexibility index (Phi) is 7.76. The summed E-state index contributed by atoms with van der Waals surface area (Å²) in [4.78, 5) is 30.3. The minimum Gasteiger partial charge on any atom is -0.507 e. The van der Waals surface area contributed by atoms with Crippen LogP contribution in [0.15, 0.2) is 72.3 Å². The number of carbonyl (C=O) groups excluding carboxylic acids is 2. The monoisotopic (exact) mass is 514 g/mol. The van der Waals surface area contributed by atoms with Crippen molar-refractivity contribution in [2.45, 2.75) is 32.4 Å². The number of hydrogen-bond acceptors (Lipinski definition) is 6. The maximum absolute atomic E-state index is 13.5. The average molecular weight is 515 g/mol. The number of anilines is 1. The number of likely N-dealkylation sites (tertiary alicyclic amines) is 1. The first-order valence-electron chi connectivity index (χ1n) is 12.5. The number of nitrogens with zero attached hydrogens (tertiary/aromatic N) is 2. The zero-order chi connectivity index (χ0) is 27.6. The molecule has 4 rings (SSSR count). The summed E-state index contributed by atoms with van der Waals surface area (Å²) in [6.45, 7) is 4.26. The molecule has 0 radical (unpaired) electrons. The molecular formula is C31H34N2O5. The van der Waals surface area contributed by atoms with E-state index in [0.717, 1.165) is 22.4 Å². The molecule has 0 spiro atoms. The lowest BCUT2D eigenvalue weighted by Gasteiger charge is -2.26. The second kappa shape index (κ2) is 11.0. The summed E-state index contributed by atoms with van der Waals surface area (Å²) in [5.74, 6) is -0.0305. The Morgan fingerprint density at radius 2 is 1.61 bits per heavy atom. The van der Waals surface area contributed by atoms with Gasteiger partial charge in [-0.1, -0.05) is 38.1 Å². The molecule has 0 bridgehead atoms. The van der Waals surface area contributed by atoms with E-state index in [-0.39, 0.29) is 23.8 Å². The molecule has 3 aromatic carbocycles. The largest absolute Gasteiger partial charge is 0.507 e. The van der Waals surface area contributed by atoms with Crippen molar-refractivity contribution in [1.29, 1.82) is 0 Å². The Morgan fingerprint density at radius 3 is 2.16 bits per heavy atom. The summed E-state index contributed by atoms with van der Waals surface area (Å²) in [7, 11) is 7.08. The molecule has 0 aromatic heterocycles. The van der Waals surface area contributed by atoms with Crippen LogP contribution in [0.2, 0.25) is 0 Å². The number of carbonyl (C=O) groups is 2. The van der Waals surface area contributed by atoms with Gasteiger partial charge in [-0.15, -0.1) is 0 Å².